The summed E-state index contributed by atoms with van der Waals surface area (Å²) in [6.07, 6.45) is 0.952. The fourth-order valence-corrected chi connectivity index (χ4v) is 2.98. The lowest BCUT2D eigenvalue weighted by Crippen LogP contribution is -2.41. The zero-order valence-electron chi connectivity index (χ0n) is 14.0. The Bertz CT molecular complexity index is 510. The van der Waals surface area contributed by atoms with Crippen LogP contribution in [0.1, 0.15) is 46.0 Å². The topological polar surface area (TPSA) is 67.4 Å². The first-order valence-corrected chi connectivity index (χ1v) is 8.60. The number of amides is 2. The normalized spacial score (nSPS) is 20.1. The maximum Gasteiger partial charge on any atom is 0.323 e. The van der Waals surface area contributed by atoms with Gasteiger partial charge in [0, 0.05) is 25.1 Å². The Hall–Kier alpha value is -1.21. The molecule has 0 saturated carbocycles. The van der Waals surface area contributed by atoms with Gasteiger partial charge in [0.1, 0.15) is 5.01 Å². The van der Waals surface area contributed by atoms with E-state index in [1.54, 1.807) is 0 Å². The number of carbonyl (C=O) groups excluding carboxylic acids is 1. The molecule has 7 heteroatoms. The van der Waals surface area contributed by atoms with Crippen LogP contribution in [0.15, 0.2) is 0 Å². The Balaban J connectivity index is 2.00. The predicted octanol–water partition coefficient (Wildman–Crippen LogP) is 3.11. The standard InChI is InChI=1S/C15H26N4O2S/c1-10(2)11-9-19(7-6-8-21-11)14(20)16-13-18-17-12(22-13)15(3,4)5/h10-11H,6-9H2,1-5H3,(H,16,18,20). The number of hydrogen-bond donors (Lipinski definition) is 1. The van der Waals surface area contributed by atoms with Crippen molar-refractivity contribution in [3.63, 3.8) is 0 Å². The molecule has 1 unspecified atom stereocenters. The summed E-state index contributed by atoms with van der Waals surface area (Å²) in [4.78, 5) is 14.3. The SMILES string of the molecule is CC(C)C1CN(C(=O)Nc2nnc(C(C)(C)C)s2)CCCO1. The molecular formula is C15H26N4O2S. The van der Waals surface area contributed by atoms with E-state index in [0.717, 1.165) is 11.4 Å². The van der Waals surface area contributed by atoms with Gasteiger partial charge in [-0.15, -0.1) is 10.2 Å². The third kappa shape index (κ3) is 4.39. The van der Waals surface area contributed by atoms with E-state index in [-0.39, 0.29) is 17.6 Å². The molecule has 124 valence electrons. The largest absolute Gasteiger partial charge is 0.376 e. The predicted molar refractivity (Wildman–Crippen MR) is 88.4 cm³/mol. The molecule has 2 rings (SSSR count). The minimum absolute atomic E-state index is 0.0557. The van der Waals surface area contributed by atoms with Gasteiger partial charge in [-0.2, -0.15) is 0 Å². The van der Waals surface area contributed by atoms with E-state index in [1.807, 2.05) is 4.90 Å². The van der Waals surface area contributed by atoms with Crippen molar-refractivity contribution in [1.82, 2.24) is 15.1 Å². The Morgan fingerprint density at radius 1 is 1.41 bits per heavy atom. The smallest absolute Gasteiger partial charge is 0.323 e. The summed E-state index contributed by atoms with van der Waals surface area (Å²) in [5.41, 5.74) is -0.0557. The average Bonchev–Trinajstić information content (AvgIpc) is 2.74. The van der Waals surface area contributed by atoms with Crippen molar-refractivity contribution in [2.45, 2.75) is 52.6 Å². The molecular weight excluding hydrogens is 300 g/mol. The summed E-state index contributed by atoms with van der Waals surface area (Å²) in [6, 6.07) is -0.118. The number of ether oxygens (including phenoxy) is 1. The third-order valence-electron chi connectivity index (χ3n) is 3.62. The lowest BCUT2D eigenvalue weighted by Gasteiger charge is -2.25. The van der Waals surface area contributed by atoms with Crippen LogP contribution in [-0.4, -0.2) is 46.9 Å². The molecule has 1 N–H and O–H groups in total. The average molecular weight is 326 g/mol. The molecule has 1 saturated heterocycles. The highest BCUT2D eigenvalue weighted by Gasteiger charge is 2.26. The van der Waals surface area contributed by atoms with Gasteiger partial charge in [-0.05, 0) is 12.3 Å². The minimum Gasteiger partial charge on any atom is -0.376 e. The highest BCUT2D eigenvalue weighted by atomic mass is 32.1. The van der Waals surface area contributed by atoms with Gasteiger partial charge >= 0.3 is 6.03 Å². The van der Waals surface area contributed by atoms with Crippen molar-refractivity contribution < 1.29 is 9.53 Å². The van der Waals surface area contributed by atoms with E-state index < -0.39 is 0 Å². The minimum atomic E-state index is -0.118. The first-order valence-electron chi connectivity index (χ1n) is 7.79. The van der Waals surface area contributed by atoms with Gasteiger partial charge in [-0.25, -0.2) is 4.79 Å². The van der Waals surface area contributed by atoms with Crippen LogP contribution in [0.25, 0.3) is 0 Å². The van der Waals surface area contributed by atoms with Gasteiger partial charge in [-0.3, -0.25) is 5.32 Å². The lowest BCUT2D eigenvalue weighted by molar-refractivity contribution is 0.0273. The van der Waals surface area contributed by atoms with Crippen LogP contribution in [0.4, 0.5) is 9.93 Å². The number of carbonyl (C=O) groups is 1. The molecule has 1 aliphatic heterocycles. The lowest BCUT2D eigenvalue weighted by atomic mass is 9.98. The summed E-state index contributed by atoms with van der Waals surface area (Å²) >= 11 is 1.43. The molecule has 0 spiro atoms. The van der Waals surface area contributed by atoms with E-state index in [9.17, 15) is 4.79 Å². The van der Waals surface area contributed by atoms with Gasteiger partial charge in [0.25, 0.3) is 0 Å². The van der Waals surface area contributed by atoms with E-state index in [4.69, 9.17) is 4.74 Å². The van der Waals surface area contributed by atoms with E-state index in [0.29, 0.717) is 30.7 Å². The number of nitrogens with one attached hydrogen (secondary N) is 1. The number of hydrogen-bond acceptors (Lipinski definition) is 5. The summed E-state index contributed by atoms with van der Waals surface area (Å²) in [6.45, 7) is 12.5. The van der Waals surface area contributed by atoms with Crippen LogP contribution < -0.4 is 5.32 Å². The summed E-state index contributed by atoms with van der Waals surface area (Å²) in [5.74, 6) is 0.391. The molecule has 2 heterocycles. The van der Waals surface area contributed by atoms with Gasteiger partial charge in [0.15, 0.2) is 0 Å². The molecule has 6 nitrogen and oxygen atoms in total. The van der Waals surface area contributed by atoms with Crippen LogP contribution in [0.5, 0.6) is 0 Å². The van der Waals surface area contributed by atoms with Crippen molar-refractivity contribution in [2.75, 3.05) is 25.0 Å². The van der Waals surface area contributed by atoms with Crippen LogP contribution >= 0.6 is 11.3 Å². The Kier molecular flexibility index (Phi) is 5.39. The van der Waals surface area contributed by atoms with Crippen molar-refractivity contribution in [3.8, 4) is 0 Å². The van der Waals surface area contributed by atoms with Crippen molar-refractivity contribution >= 4 is 22.5 Å². The molecule has 0 aliphatic carbocycles. The molecule has 2 amide bonds. The second-order valence-electron chi connectivity index (χ2n) is 7.05. The number of aromatic nitrogens is 2. The fraction of sp³-hybridized carbons (Fsp3) is 0.800. The molecule has 1 fully saturated rings. The van der Waals surface area contributed by atoms with Crippen molar-refractivity contribution in [1.29, 1.82) is 0 Å². The quantitative estimate of drug-likeness (QED) is 0.907. The monoisotopic (exact) mass is 326 g/mol. The Labute approximate surface area is 136 Å². The van der Waals surface area contributed by atoms with Crippen molar-refractivity contribution in [2.24, 2.45) is 5.92 Å². The second kappa shape index (κ2) is 6.91. The molecule has 0 radical (unpaired) electrons. The van der Waals surface area contributed by atoms with Crippen LogP contribution in [0.3, 0.4) is 0 Å². The Morgan fingerprint density at radius 3 is 2.73 bits per heavy atom. The second-order valence-corrected chi connectivity index (χ2v) is 8.02. The first-order chi connectivity index (χ1) is 10.3. The van der Waals surface area contributed by atoms with Gasteiger partial charge in [0.2, 0.25) is 5.13 Å². The number of urea groups is 1. The zero-order chi connectivity index (χ0) is 16.3. The maximum atomic E-state index is 12.4. The van der Waals surface area contributed by atoms with Crippen LogP contribution in [0.2, 0.25) is 0 Å². The van der Waals surface area contributed by atoms with Gasteiger partial charge < -0.3 is 9.64 Å². The molecule has 1 aliphatic rings. The van der Waals surface area contributed by atoms with Crippen LogP contribution in [0, 0.1) is 5.92 Å². The number of anilines is 1. The van der Waals surface area contributed by atoms with E-state index >= 15 is 0 Å². The van der Waals surface area contributed by atoms with E-state index in [1.165, 1.54) is 11.3 Å². The van der Waals surface area contributed by atoms with Gasteiger partial charge in [-0.1, -0.05) is 46.0 Å². The van der Waals surface area contributed by atoms with Gasteiger partial charge in [0.05, 0.1) is 6.10 Å². The van der Waals surface area contributed by atoms with Crippen molar-refractivity contribution in [3.05, 3.63) is 5.01 Å². The molecule has 1 aromatic heterocycles. The summed E-state index contributed by atoms with van der Waals surface area (Å²) in [7, 11) is 0. The molecule has 1 atom stereocenters. The molecule has 0 bridgehead atoms. The zero-order valence-corrected chi connectivity index (χ0v) is 14.9. The fourth-order valence-electron chi connectivity index (χ4n) is 2.19. The van der Waals surface area contributed by atoms with E-state index in [2.05, 4.69) is 50.1 Å². The highest BCUT2D eigenvalue weighted by molar-refractivity contribution is 7.15. The third-order valence-corrected chi connectivity index (χ3v) is 4.88. The highest BCUT2D eigenvalue weighted by Crippen LogP contribution is 2.27. The number of nitrogens with zero attached hydrogens (tertiary/aromatic N) is 3. The number of rotatable bonds is 2. The summed E-state index contributed by atoms with van der Waals surface area (Å²) in [5, 5.41) is 12.6. The Morgan fingerprint density at radius 2 is 2.14 bits per heavy atom. The molecule has 22 heavy (non-hydrogen) atoms. The molecule has 0 aromatic carbocycles. The first kappa shape index (κ1) is 17.1. The van der Waals surface area contributed by atoms with Crippen LogP contribution in [-0.2, 0) is 10.2 Å². The summed E-state index contributed by atoms with van der Waals surface area (Å²) < 4.78 is 5.80. The maximum absolute atomic E-state index is 12.4. The molecule has 1 aromatic rings.